The minimum absolute atomic E-state index is 0. The number of hydrogen-bond acceptors (Lipinski definition) is 2. The molecule has 0 radical (unpaired) electrons. The summed E-state index contributed by atoms with van der Waals surface area (Å²) in [6.45, 7) is 2.04. The first kappa shape index (κ1) is 17.4. The molecule has 0 aliphatic rings. The number of aliphatic hydroxyl groups excluding tert-OH is 1. The number of aliphatic hydroxyl groups is 1. The van der Waals surface area contributed by atoms with Crippen LogP contribution in [0.2, 0.25) is 0 Å². The third kappa shape index (κ3) is 4.70. The van der Waals surface area contributed by atoms with E-state index < -0.39 is 6.10 Å². The molecule has 114 valence electrons. The summed E-state index contributed by atoms with van der Waals surface area (Å²) in [5.41, 5.74) is 5.11. The van der Waals surface area contributed by atoms with Crippen LogP contribution in [0.25, 0.3) is 0 Å². The molecular formula is C16H19ClFNO2. The molecule has 2 atom stereocenters. The van der Waals surface area contributed by atoms with Crippen molar-refractivity contribution in [2.75, 3.05) is 0 Å². The molecule has 0 bridgehead atoms. The van der Waals surface area contributed by atoms with Crippen LogP contribution in [0.5, 0.6) is 5.75 Å². The number of rotatable bonds is 5. The van der Waals surface area contributed by atoms with E-state index in [0.29, 0.717) is 11.3 Å². The minimum atomic E-state index is -0.587. The van der Waals surface area contributed by atoms with Gasteiger partial charge in [-0.15, -0.1) is 0 Å². The first-order chi connectivity index (χ1) is 9.58. The summed E-state index contributed by atoms with van der Waals surface area (Å²) in [4.78, 5) is 0. The van der Waals surface area contributed by atoms with Crippen LogP contribution in [0.3, 0.4) is 0 Å². The molecule has 5 heteroatoms. The van der Waals surface area contributed by atoms with E-state index in [2.05, 4.69) is 5.73 Å². The summed E-state index contributed by atoms with van der Waals surface area (Å²) in [6.07, 6.45) is -0.587. The smallest absolute Gasteiger partial charge is 0.130 e. The average Bonchev–Trinajstić information content (AvgIpc) is 2.46. The number of hydrogen-bond donors (Lipinski definition) is 2. The molecule has 4 N–H and O–H groups in total. The minimum Gasteiger partial charge on any atom is -1.00 e. The highest BCUT2D eigenvalue weighted by atomic mass is 35.5. The summed E-state index contributed by atoms with van der Waals surface area (Å²) in [7, 11) is 0. The first-order valence-electron chi connectivity index (χ1n) is 6.55. The Balaban J connectivity index is 0.00000220. The van der Waals surface area contributed by atoms with Gasteiger partial charge in [0, 0.05) is 5.56 Å². The maximum atomic E-state index is 13.4. The Morgan fingerprint density at radius 1 is 1.14 bits per heavy atom. The van der Waals surface area contributed by atoms with E-state index in [1.807, 2.05) is 6.92 Å². The largest absolute Gasteiger partial charge is 1.00 e. The molecule has 0 aliphatic carbocycles. The fourth-order valence-corrected chi connectivity index (χ4v) is 1.87. The molecule has 0 saturated heterocycles. The Morgan fingerprint density at radius 2 is 1.76 bits per heavy atom. The van der Waals surface area contributed by atoms with Gasteiger partial charge in [-0.2, -0.15) is 0 Å². The molecule has 0 heterocycles. The van der Waals surface area contributed by atoms with Crippen molar-refractivity contribution in [1.82, 2.24) is 0 Å². The van der Waals surface area contributed by atoms with E-state index in [0.717, 1.165) is 5.56 Å². The Hall–Kier alpha value is -1.62. The fraction of sp³-hybridized carbons (Fsp3) is 0.250. The molecule has 2 unspecified atom stereocenters. The molecule has 0 fully saturated rings. The second kappa shape index (κ2) is 7.98. The molecule has 0 aromatic heterocycles. The van der Waals surface area contributed by atoms with E-state index in [1.54, 1.807) is 42.5 Å². The molecule has 3 nitrogen and oxygen atoms in total. The molecule has 0 amide bonds. The van der Waals surface area contributed by atoms with Crippen molar-refractivity contribution in [2.45, 2.75) is 25.7 Å². The number of benzene rings is 2. The normalized spacial score (nSPS) is 13.1. The van der Waals surface area contributed by atoms with Crippen LogP contribution in [0.15, 0.2) is 48.5 Å². The summed E-state index contributed by atoms with van der Waals surface area (Å²) < 4.78 is 19.0. The predicted octanol–water partition coefficient (Wildman–Crippen LogP) is -0.928. The van der Waals surface area contributed by atoms with Gasteiger partial charge < -0.3 is 28.0 Å². The molecular weight excluding hydrogens is 293 g/mol. The van der Waals surface area contributed by atoms with Crippen molar-refractivity contribution in [3.63, 3.8) is 0 Å². The number of quaternary nitrogens is 1. The lowest BCUT2D eigenvalue weighted by Crippen LogP contribution is -3.00. The number of ether oxygens (including phenoxy) is 1. The van der Waals surface area contributed by atoms with Gasteiger partial charge >= 0.3 is 0 Å². The van der Waals surface area contributed by atoms with Crippen LogP contribution >= 0.6 is 0 Å². The van der Waals surface area contributed by atoms with Crippen molar-refractivity contribution in [3.8, 4) is 5.75 Å². The Kier molecular flexibility index (Phi) is 6.62. The lowest BCUT2D eigenvalue weighted by Gasteiger charge is -2.13. The number of halogens is 2. The summed E-state index contributed by atoms with van der Waals surface area (Å²) >= 11 is 0. The summed E-state index contributed by atoms with van der Waals surface area (Å²) in [6, 6.07) is 13.6. The summed E-state index contributed by atoms with van der Waals surface area (Å²) in [5.74, 6) is 0.367. The van der Waals surface area contributed by atoms with Crippen molar-refractivity contribution >= 4 is 0 Å². The predicted molar refractivity (Wildman–Crippen MR) is 74.5 cm³/mol. The Labute approximate surface area is 130 Å². The van der Waals surface area contributed by atoms with E-state index in [-0.39, 0.29) is 30.9 Å². The maximum Gasteiger partial charge on any atom is 0.130 e. The zero-order chi connectivity index (χ0) is 14.5. The Morgan fingerprint density at radius 3 is 2.33 bits per heavy atom. The van der Waals surface area contributed by atoms with Gasteiger partial charge in [0.1, 0.15) is 30.3 Å². The van der Waals surface area contributed by atoms with Crippen LogP contribution in [-0.2, 0) is 6.61 Å². The third-order valence-electron chi connectivity index (χ3n) is 3.11. The fourth-order valence-electron chi connectivity index (χ4n) is 1.87. The lowest BCUT2D eigenvalue weighted by molar-refractivity contribution is -0.433. The van der Waals surface area contributed by atoms with E-state index >= 15 is 0 Å². The SMILES string of the molecule is CC([NH3+])C(O)c1ccc(OCc2ccccc2F)cc1.[Cl-]. The van der Waals surface area contributed by atoms with Crippen LogP contribution < -0.4 is 22.9 Å². The van der Waals surface area contributed by atoms with Gasteiger partial charge in [0.05, 0.1) is 0 Å². The third-order valence-corrected chi connectivity index (χ3v) is 3.11. The zero-order valence-corrected chi connectivity index (χ0v) is 12.6. The topological polar surface area (TPSA) is 57.1 Å². The quantitative estimate of drug-likeness (QED) is 0.750. The second-order valence-corrected chi connectivity index (χ2v) is 4.87. The van der Waals surface area contributed by atoms with Gasteiger partial charge in [-0.1, -0.05) is 30.3 Å². The van der Waals surface area contributed by atoms with Crippen molar-refractivity contribution in [3.05, 3.63) is 65.5 Å². The zero-order valence-electron chi connectivity index (χ0n) is 11.8. The summed E-state index contributed by atoms with van der Waals surface area (Å²) in [5, 5.41) is 9.88. The van der Waals surface area contributed by atoms with E-state index in [9.17, 15) is 9.50 Å². The first-order valence-corrected chi connectivity index (χ1v) is 6.55. The average molecular weight is 312 g/mol. The highest BCUT2D eigenvalue weighted by molar-refractivity contribution is 5.29. The van der Waals surface area contributed by atoms with Gasteiger partial charge in [0.2, 0.25) is 0 Å². The molecule has 2 rings (SSSR count). The highest BCUT2D eigenvalue weighted by Crippen LogP contribution is 2.20. The molecule has 0 aliphatic heterocycles. The standard InChI is InChI=1S/C16H18FNO2.ClH/c1-11(18)16(19)12-6-8-14(9-7-12)20-10-13-4-2-3-5-15(13)17;/h2-9,11,16,19H,10,18H2,1H3;1H. The van der Waals surface area contributed by atoms with Crippen molar-refractivity contribution in [2.24, 2.45) is 0 Å². The maximum absolute atomic E-state index is 13.4. The van der Waals surface area contributed by atoms with Crippen LogP contribution in [-0.4, -0.2) is 11.1 Å². The van der Waals surface area contributed by atoms with Gasteiger partial charge in [-0.25, -0.2) is 4.39 Å². The van der Waals surface area contributed by atoms with Crippen LogP contribution in [0.4, 0.5) is 4.39 Å². The molecule has 2 aromatic rings. The molecule has 0 spiro atoms. The van der Waals surface area contributed by atoms with E-state index in [1.165, 1.54) is 6.07 Å². The van der Waals surface area contributed by atoms with Gasteiger partial charge in [-0.05, 0) is 30.7 Å². The van der Waals surface area contributed by atoms with E-state index in [4.69, 9.17) is 4.74 Å². The second-order valence-electron chi connectivity index (χ2n) is 4.87. The molecule has 21 heavy (non-hydrogen) atoms. The van der Waals surface area contributed by atoms with Crippen LogP contribution in [0, 0.1) is 5.82 Å². The lowest BCUT2D eigenvalue weighted by atomic mass is 10.0. The van der Waals surface area contributed by atoms with Crippen LogP contribution in [0.1, 0.15) is 24.2 Å². The monoisotopic (exact) mass is 311 g/mol. The molecule has 2 aromatic carbocycles. The molecule has 0 saturated carbocycles. The van der Waals surface area contributed by atoms with Gasteiger partial charge in [0.15, 0.2) is 0 Å². The van der Waals surface area contributed by atoms with Gasteiger partial charge in [-0.3, -0.25) is 0 Å². The van der Waals surface area contributed by atoms with Crippen molar-refractivity contribution < 1.29 is 32.4 Å². The van der Waals surface area contributed by atoms with Crippen molar-refractivity contribution in [1.29, 1.82) is 0 Å². The Bertz CT molecular complexity index is 560. The van der Waals surface area contributed by atoms with Gasteiger partial charge in [0.25, 0.3) is 0 Å². The highest BCUT2D eigenvalue weighted by Gasteiger charge is 2.14.